The fourth-order valence-corrected chi connectivity index (χ4v) is 2.37. The average Bonchev–Trinajstić information content (AvgIpc) is 2.38. The van der Waals surface area contributed by atoms with E-state index in [9.17, 15) is 20.1 Å². The van der Waals surface area contributed by atoms with Gasteiger partial charge in [0, 0.05) is 5.82 Å². The Morgan fingerprint density at radius 2 is 1.68 bits per heavy atom. The van der Waals surface area contributed by atoms with Gasteiger partial charge in [0.1, 0.15) is 0 Å². The molecule has 19 heavy (non-hydrogen) atoms. The minimum atomic E-state index is -1.90. The van der Waals surface area contributed by atoms with E-state index in [-0.39, 0.29) is 0 Å². The first-order valence-corrected chi connectivity index (χ1v) is 5.93. The minimum Gasteiger partial charge on any atom is -0.427 e. The molecule has 0 amide bonds. The smallest absolute Gasteiger partial charge is 0.427 e. The molecule has 7 heteroatoms. The molecule has 0 heterocycles. The molecule has 0 bridgehead atoms. The van der Waals surface area contributed by atoms with Crippen LogP contribution in [0.25, 0.3) is 5.57 Å². The zero-order chi connectivity index (χ0) is 14.0. The van der Waals surface area contributed by atoms with E-state index < -0.39 is 25.5 Å². The van der Waals surface area contributed by atoms with Gasteiger partial charge in [-0.15, -0.1) is 0 Å². The summed E-state index contributed by atoms with van der Waals surface area (Å²) in [5.74, 6) is -1.03. The third-order valence-electron chi connectivity index (χ3n) is 3.39. The number of allylic oxidation sites excluding steroid dienone is 2. The maximum Gasteiger partial charge on any atom is 0.477 e. The van der Waals surface area contributed by atoms with E-state index in [0.29, 0.717) is 5.57 Å². The predicted molar refractivity (Wildman–Crippen MR) is 74.6 cm³/mol. The van der Waals surface area contributed by atoms with Crippen LogP contribution < -0.4 is 5.73 Å². The molecule has 2 unspecified atom stereocenters. The summed E-state index contributed by atoms with van der Waals surface area (Å²) in [6.45, 7) is 0. The molecule has 1 aliphatic rings. The summed E-state index contributed by atoms with van der Waals surface area (Å²) in [6.07, 6.45) is 4.64. The van der Waals surface area contributed by atoms with E-state index in [4.69, 9.17) is 5.73 Å². The van der Waals surface area contributed by atoms with Gasteiger partial charge in [0.15, 0.2) is 0 Å². The van der Waals surface area contributed by atoms with Crippen molar-refractivity contribution >= 4 is 19.8 Å². The Bertz CT molecular complexity index is 504. The van der Waals surface area contributed by atoms with Crippen molar-refractivity contribution in [3.05, 3.63) is 54.1 Å². The summed E-state index contributed by atoms with van der Waals surface area (Å²) in [6, 6.07) is 9.05. The van der Waals surface area contributed by atoms with Crippen LogP contribution in [0.4, 0.5) is 0 Å². The zero-order valence-electron chi connectivity index (χ0n) is 10.2. The van der Waals surface area contributed by atoms with Gasteiger partial charge in [-0.25, -0.2) is 0 Å². The molecule has 0 saturated heterocycles. The largest absolute Gasteiger partial charge is 0.477 e. The first-order valence-electron chi connectivity index (χ1n) is 5.93. The quantitative estimate of drug-likeness (QED) is 0.456. The lowest BCUT2D eigenvalue weighted by Crippen LogP contribution is -2.60. The summed E-state index contributed by atoms with van der Waals surface area (Å²) in [5, 5.41) is 38.0. The number of benzene rings is 1. The highest BCUT2D eigenvalue weighted by Gasteiger charge is 2.51. The van der Waals surface area contributed by atoms with Gasteiger partial charge < -0.3 is 25.8 Å². The molecule has 1 aromatic rings. The van der Waals surface area contributed by atoms with Crippen LogP contribution in [0.2, 0.25) is 5.82 Å². The molecule has 1 aliphatic carbocycles. The molecule has 2 atom stereocenters. The van der Waals surface area contributed by atoms with E-state index in [1.807, 2.05) is 18.2 Å². The molecule has 0 spiro atoms. The van der Waals surface area contributed by atoms with Gasteiger partial charge in [0.25, 0.3) is 0 Å². The highest BCUT2D eigenvalue weighted by Crippen LogP contribution is 2.41. The predicted octanol–water partition coefficient (Wildman–Crippen LogP) is -0.808. The number of rotatable bonds is 3. The number of nitrogens with two attached hydrogens (primary N) is 1. The molecule has 0 fully saturated rings. The van der Waals surface area contributed by atoms with Crippen LogP contribution in [0.1, 0.15) is 5.56 Å². The summed E-state index contributed by atoms with van der Waals surface area (Å²) >= 11 is 0. The highest BCUT2D eigenvalue weighted by molar-refractivity contribution is 6.56. The van der Waals surface area contributed by atoms with Crippen molar-refractivity contribution in [2.75, 3.05) is 0 Å². The zero-order valence-corrected chi connectivity index (χ0v) is 10.2. The van der Waals surface area contributed by atoms with Gasteiger partial charge in [0.05, 0.1) is 5.44 Å². The van der Waals surface area contributed by atoms with Crippen LogP contribution >= 0.6 is 0 Å². The lowest BCUT2D eigenvalue weighted by atomic mass is 9.45. The summed E-state index contributed by atoms with van der Waals surface area (Å²) in [7, 11) is -3.70. The Balaban J connectivity index is 2.49. The van der Waals surface area contributed by atoms with Gasteiger partial charge in [-0.3, -0.25) is 0 Å². The number of hydrogen-bond donors (Lipinski definition) is 5. The third kappa shape index (κ3) is 2.51. The van der Waals surface area contributed by atoms with Gasteiger partial charge in [0.2, 0.25) is 0 Å². The highest BCUT2D eigenvalue weighted by atomic mass is 16.4. The van der Waals surface area contributed by atoms with Crippen molar-refractivity contribution in [1.82, 2.24) is 0 Å². The Morgan fingerprint density at radius 3 is 2.21 bits per heavy atom. The average molecular weight is 259 g/mol. The Morgan fingerprint density at radius 1 is 1.05 bits per heavy atom. The van der Waals surface area contributed by atoms with E-state index >= 15 is 0 Å². The maximum atomic E-state index is 9.57. The standard InChI is InChI=1S/C12H15B2NO4/c15-12(14(18)19)8-4-7-10(11(12)13(16)17)9-5-2-1-3-6-9/h1-8,11,16-19H,15H2. The minimum absolute atomic E-state index is 0.550. The molecule has 1 aromatic carbocycles. The lowest BCUT2D eigenvalue weighted by molar-refractivity contribution is 0.337. The lowest BCUT2D eigenvalue weighted by Gasteiger charge is -2.37. The van der Waals surface area contributed by atoms with E-state index in [1.54, 1.807) is 24.3 Å². The molecular formula is C12H15B2NO4. The first kappa shape index (κ1) is 14.0. The third-order valence-corrected chi connectivity index (χ3v) is 3.39. The molecule has 2 rings (SSSR count). The van der Waals surface area contributed by atoms with Crippen molar-refractivity contribution < 1.29 is 20.1 Å². The topological polar surface area (TPSA) is 107 Å². The Kier molecular flexibility index (Phi) is 3.93. The van der Waals surface area contributed by atoms with Crippen molar-refractivity contribution in [2.24, 2.45) is 5.73 Å². The molecule has 6 N–H and O–H groups in total. The molecule has 98 valence electrons. The molecular weight excluding hydrogens is 244 g/mol. The van der Waals surface area contributed by atoms with Crippen LogP contribution in [0.3, 0.4) is 0 Å². The molecule has 5 nitrogen and oxygen atoms in total. The molecule has 0 radical (unpaired) electrons. The second-order valence-corrected chi connectivity index (χ2v) is 4.61. The van der Waals surface area contributed by atoms with Crippen LogP contribution in [0, 0.1) is 0 Å². The molecule has 0 aliphatic heterocycles. The van der Waals surface area contributed by atoms with E-state index in [0.717, 1.165) is 5.56 Å². The fraction of sp³-hybridized carbons (Fsp3) is 0.167. The fourth-order valence-electron chi connectivity index (χ4n) is 2.37. The van der Waals surface area contributed by atoms with Gasteiger partial charge in [-0.2, -0.15) is 0 Å². The van der Waals surface area contributed by atoms with Gasteiger partial charge in [-0.05, 0) is 11.1 Å². The second kappa shape index (κ2) is 5.32. The van der Waals surface area contributed by atoms with Gasteiger partial charge in [-0.1, -0.05) is 48.6 Å². The van der Waals surface area contributed by atoms with Crippen molar-refractivity contribution in [3.8, 4) is 0 Å². The second-order valence-electron chi connectivity index (χ2n) is 4.61. The summed E-state index contributed by atoms with van der Waals surface area (Å²) < 4.78 is 0. The van der Waals surface area contributed by atoms with E-state index in [2.05, 4.69) is 0 Å². The molecule has 0 aromatic heterocycles. The van der Waals surface area contributed by atoms with Crippen LogP contribution in [0.5, 0.6) is 0 Å². The number of hydrogen-bond acceptors (Lipinski definition) is 5. The normalized spacial score (nSPS) is 25.9. The van der Waals surface area contributed by atoms with E-state index in [1.165, 1.54) is 6.08 Å². The van der Waals surface area contributed by atoms with Crippen molar-refractivity contribution in [1.29, 1.82) is 0 Å². The molecule has 0 saturated carbocycles. The van der Waals surface area contributed by atoms with Crippen LogP contribution in [-0.4, -0.2) is 39.8 Å². The summed E-state index contributed by atoms with van der Waals surface area (Å²) in [4.78, 5) is 0. The summed E-state index contributed by atoms with van der Waals surface area (Å²) in [5.41, 5.74) is 5.58. The van der Waals surface area contributed by atoms with Crippen molar-refractivity contribution in [2.45, 2.75) is 11.3 Å². The Labute approximate surface area is 112 Å². The maximum absolute atomic E-state index is 9.57. The van der Waals surface area contributed by atoms with Crippen molar-refractivity contribution in [3.63, 3.8) is 0 Å². The monoisotopic (exact) mass is 259 g/mol. The first-order chi connectivity index (χ1) is 8.97. The Hall–Kier alpha value is -1.37. The van der Waals surface area contributed by atoms with Gasteiger partial charge >= 0.3 is 14.2 Å². The van der Waals surface area contributed by atoms with Crippen LogP contribution in [-0.2, 0) is 0 Å². The van der Waals surface area contributed by atoms with Crippen LogP contribution in [0.15, 0.2) is 48.6 Å². The SMILES string of the molecule is NC1(B(O)O)C=CC=C(c2ccccc2)C1B(O)O.